The Hall–Kier alpha value is -3.90. The fraction of sp³-hybridized carbons (Fsp3) is 0.333. The van der Waals surface area contributed by atoms with Gasteiger partial charge in [-0.15, -0.1) is 11.3 Å². The van der Waals surface area contributed by atoms with Crippen molar-refractivity contribution in [2.24, 2.45) is 17.6 Å². The molecule has 0 spiro atoms. The Morgan fingerprint density at radius 3 is 2.72 bits per heavy atom. The molecular formula is C24H23N5O6S. The molecule has 11 nitrogen and oxygen atoms in total. The van der Waals surface area contributed by atoms with Crippen LogP contribution in [0.3, 0.4) is 0 Å². The number of nitrogens with two attached hydrogens (primary N) is 1. The molecule has 0 bridgehead atoms. The van der Waals surface area contributed by atoms with Gasteiger partial charge < -0.3 is 25.6 Å². The van der Waals surface area contributed by atoms with Crippen LogP contribution < -0.4 is 15.4 Å². The molecule has 36 heavy (non-hydrogen) atoms. The second kappa shape index (κ2) is 8.35. The maximum absolute atomic E-state index is 13.4. The van der Waals surface area contributed by atoms with E-state index < -0.39 is 35.8 Å². The van der Waals surface area contributed by atoms with E-state index in [9.17, 15) is 29.4 Å². The van der Waals surface area contributed by atoms with Crippen molar-refractivity contribution < 1.29 is 34.0 Å². The van der Waals surface area contributed by atoms with E-state index in [1.165, 1.54) is 33.9 Å². The van der Waals surface area contributed by atoms with Gasteiger partial charge in [-0.1, -0.05) is 6.92 Å². The van der Waals surface area contributed by atoms with Crippen LogP contribution in [0.5, 0.6) is 0 Å². The topological polar surface area (TPSA) is 162 Å². The molecule has 3 aromatic rings. The summed E-state index contributed by atoms with van der Waals surface area (Å²) in [5, 5.41) is 22.2. The highest BCUT2D eigenvalue weighted by atomic mass is 32.1. The number of ketones is 1. The first kappa shape index (κ1) is 23.8. The lowest BCUT2D eigenvalue weighted by molar-refractivity contribution is -0.684. The van der Waals surface area contributed by atoms with E-state index >= 15 is 0 Å². The molecule has 1 fully saturated rings. The summed E-state index contributed by atoms with van der Waals surface area (Å²) in [5.74, 6) is -3.35. The average Bonchev–Trinajstić information content (AvgIpc) is 3.42. The molecule has 1 saturated heterocycles. The number of imidazole rings is 1. The summed E-state index contributed by atoms with van der Waals surface area (Å²) in [6, 6.07) is 2.76. The van der Waals surface area contributed by atoms with Crippen molar-refractivity contribution >= 4 is 45.3 Å². The third kappa shape index (κ3) is 3.44. The fourth-order valence-electron chi connectivity index (χ4n) is 5.25. The van der Waals surface area contributed by atoms with Crippen molar-refractivity contribution in [1.82, 2.24) is 14.3 Å². The monoisotopic (exact) mass is 509 g/mol. The molecule has 4 atom stereocenters. The number of pyridine rings is 1. The lowest BCUT2D eigenvalue weighted by Gasteiger charge is -2.47. The molecule has 3 N–H and O–H groups in total. The Morgan fingerprint density at radius 1 is 1.36 bits per heavy atom. The number of carbonyl (C=O) groups excluding carboxylic acids is 4. The SMILES string of the molecule is Cc1nc(C(=O)c2ccc[n+](CC(N)=O)c2)c2sc(C3=C(C(=O)[O-])N4C(=O)[C@H]([C@@H](C)O)[C@H]4[C@H]3C)cn12. The summed E-state index contributed by atoms with van der Waals surface area (Å²) in [6.07, 6.45) is 3.94. The largest absolute Gasteiger partial charge is 0.543 e. The van der Waals surface area contributed by atoms with Crippen LogP contribution in [0.25, 0.3) is 10.4 Å². The summed E-state index contributed by atoms with van der Waals surface area (Å²) < 4.78 is 3.22. The number of carboxylic acid groups (broad SMARTS) is 1. The van der Waals surface area contributed by atoms with Crippen LogP contribution >= 0.6 is 11.3 Å². The van der Waals surface area contributed by atoms with Crippen LogP contribution in [0.1, 0.15) is 40.6 Å². The minimum Gasteiger partial charge on any atom is -0.543 e. The van der Waals surface area contributed by atoms with E-state index in [1.54, 1.807) is 35.9 Å². The summed E-state index contributed by atoms with van der Waals surface area (Å²) in [5.41, 5.74) is 5.98. The highest BCUT2D eigenvalue weighted by molar-refractivity contribution is 7.18. The Bertz CT molecular complexity index is 1500. The van der Waals surface area contributed by atoms with Gasteiger partial charge >= 0.3 is 0 Å². The first-order valence-electron chi connectivity index (χ1n) is 11.3. The molecule has 2 aliphatic rings. The number of carbonyl (C=O) groups is 4. The number of aliphatic hydroxyl groups is 1. The van der Waals surface area contributed by atoms with Crippen molar-refractivity contribution in [3.05, 3.63) is 58.4 Å². The Balaban J connectivity index is 1.58. The molecular weight excluding hydrogens is 486 g/mol. The number of β-lactam (4-membered cyclic amide) rings is 1. The zero-order chi connectivity index (χ0) is 26.0. The number of thiazole rings is 1. The third-order valence-corrected chi connectivity index (χ3v) is 7.93. The number of carboxylic acids is 1. The Morgan fingerprint density at radius 2 is 2.08 bits per heavy atom. The molecule has 2 aliphatic heterocycles. The van der Waals surface area contributed by atoms with Crippen molar-refractivity contribution in [2.75, 3.05) is 0 Å². The Labute approximate surface area is 209 Å². The number of aromatic nitrogens is 3. The molecule has 0 radical (unpaired) electrons. The van der Waals surface area contributed by atoms with E-state index in [1.807, 2.05) is 6.92 Å². The number of primary amides is 1. The van der Waals surface area contributed by atoms with Crippen LogP contribution in [-0.4, -0.2) is 55.1 Å². The quantitative estimate of drug-likeness (QED) is 0.235. The molecule has 5 rings (SSSR count). The third-order valence-electron chi connectivity index (χ3n) is 6.80. The predicted molar refractivity (Wildman–Crippen MR) is 124 cm³/mol. The normalized spacial score (nSPS) is 22.1. The molecule has 0 unspecified atom stereocenters. The second-order valence-corrected chi connectivity index (χ2v) is 10.2. The first-order valence-corrected chi connectivity index (χ1v) is 12.1. The number of aryl methyl sites for hydroxylation is 1. The standard InChI is InChI=1S/C24H23N5O6S/c1-10-16(20(24(34)35)29-19(10)17(11(2)30)22(29)33)14-8-28-12(3)26-18(23(28)36-14)21(32)13-5-4-6-27(7-13)9-15(25)31/h4-8,10-11,17,19,30H,9H2,1-3H3,(H2-,25,31,34,35)/t10-,11+,17+,19+/m0/s1. The predicted octanol–water partition coefficient (Wildman–Crippen LogP) is -0.973. The van der Waals surface area contributed by atoms with E-state index in [0.29, 0.717) is 26.7 Å². The minimum absolute atomic E-state index is 0.0796. The lowest BCUT2D eigenvalue weighted by atomic mass is 9.77. The number of aliphatic hydroxyl groups excluding tert-OH is 1. The fourth-order valence-corrected chi connectivity index (χ4v) is 6.53. The van der Waals surface area contributed by atoms with Gasteiger partial charge in [0.1, 0.15) is 16.3 Å². The molecule has 3 aromatic heterocycles. The minimum atomic E-state index is -1.47. The van der Waals surface area contributed by atoms with E-state index in [4.69, 9.17) is 5.73 Å². The zero-order valence-corrected chi connectivity index (χ0v) is 20.5. The molecule has 5 heterocycles. The summed E-state index contributed by atoms with van der Waals surface area (Å²) in [7, 11) is 0. The van der Waals surface area contributed by atoms with Gasteiger partial charge in [0, 0.05) is 23.8 Å². The van der Waals surface area contributed by atoms with E-state index in [2.05, 4.69) is 4.98 Å². The molecule has 12 heteroatoms. The lowest BCUT2D eigenvalue weighted by Crippen LogP contribution is -2.64. The summed E-state index contributed by atoms with van der Waals surface area (Å²) >= 11 is 1.20. The van der Waals surface area contributed by atoms with Gasteiger partial charge in [-0.2, -0.15) is 4.57 Å². The van der Waals surface area contributed by atoms with Gasteiger partial charge in [0.15, 0.2) is 12.4 Å². The summed E-state index contributed by atoms with van der Waals surface area (Å²) in [4.78, 5) is 56.1. The highest BCUT2D eigenvalue weighted by Crippen LogP contribution is 2.51. The molecule has 0 aliphatic carbocycles. The number of aliphatic carboxylic acids is 1. The first-order chi connectivity index (χ1) is 17.0. The molecule has 186 valence electrons. The van der Waals surface area contributed by atoms with Crippen LogP contribution in [0.15, 0.2) is 36.4 Å². The molecule has 0 saturated carbocycles. The maximum Gasteiger partial charge on any atom is 0.283 e. The highest BCUT2D eigenvalue weighted by Gasteiger charge is 2.59. The van der Waals surface area contributed by atoms with Crippen LogP contribution in [0.4, 0.5) is 0 Å². The van der Waals surface area contributed by atoms with Crippen molar-refractivity contribution in [1.29, 1.82) is 0 Å². The number of amides is 2. The number of fused-ring (bicyclic) bond motifs is 2. The number of nitrogens with zero attached hydrogens (tertiary/aromatic N) is 4. The van der Waals surface area contributed by atoms with Crippen molar-refractivity contribution in [3.8, 4) is 0 Å². The summed E-state index contributed by atoms with van der Waals surface area (Å²) in [6.45, 7) is 4.98. The van der Waals surface area contributed by atoms with Gasteiger partial charge in [-0.05, 0) is 19.9 Å². The number of hydrogen-bond donors (Lipinski definition) is 2. The van der Waals surface area contributed by atoms with Crippen LogP contribution in [0, 0.1) is 18.8 Å². The van der Waals surface area contributed by atoms with E-state index in [0.717, 1.165) is 0 Å². The average molecular weight is 510 g/mol. The van der Waals surface area contributed by atoms with Crippen LogP contribution in [-0.2, 0) is 20.9 Å². The molecule has 0 aromatic carbocycles. The number of rotatable bonds is 7. The van der Waals surface area contributed by atoms with Gasteiger partial charge in [-0.3, -0.25) is 18.8 Å². The van der Waals surface area contributed by atoms with Crippen LogP contribution in [0.2, 0.25) is 0 Å². The van der Waals surface area contributed by atoms with Crippen molar-refractivity contribution in [3.63, 3.8) is 0 Å². The maximum atomic E-state index is 13.4. The van der Waals surface area contributed by atoms with E-state index in [-0.39, 0.29) is 29.6 Å². The van der Waals surface area contributed by atoms with Gasteiger partial charge in [0.2, 0.25) is 18.2 Å². The zero-order valence-electron chi connectivity index (χ0n) is 19.7. The smallest absolute Gasteiger partial charge is 0.283 e. The van der Waals surface area contributed by atoms with Crippen molar-refractivity contribution in [2.45, 2.75) is 39.5 Å². The molecule has 2 amide bonds. The number of hydrogen-bond acceptors (Lipinski definition) is 8. The van der Waals surface area contributed by atoms with Gasteiger partial charge in [0.25, 0.3) is 5.91 Å². The van der Waals surface area contributed by atoms with Gasteiger partial charge in [0.05, 0.1) is 40.2 Å². The second-order valence-electron chi connectivity index (χ2n) is 9.14. The Kier molecular flexibility index (Phi) is 5.52. The van der Waals surface area contributed by atoms with Gasteiger partial charge in [-0.25, -0.2) is 4.98 Å².